The number of rotatable bonds is 6. The Balaban J connectivity index is 1.42. The molecular formula is C49H54N2O14. The first-order valence-corrected chi connectivity index (χ1v) is 20.9. The van der Waals surface area contributed by atoms with Gasteiger partial charge in [0.2, 0.25) is 11.7 Å². The Morgan fingerprint density at radius 3 is 1.82 bits per heavy atom. The second-order valence-corrected chi connectivity index (χ2v) is 17.6. The van der Waals surface area contributed by atoms with Crippen LogP contribution in [0.25, 0.3) is 10.8 Å². The van der Waals surface area contributed by atoms with Crippen molar-refractivity contribution in [2.24, 2.45) is 0 Å². The number of carbonyl (C=O) groups excluding carboxylic acids is 8. The van der Waals surface area contributed by atoms with E-state index >= 15 is 0 Å². The van der Waals surface area contributed by atoms with E-state index in [4.69, 9.17) is 28.4 Å². The van der Waals surface area contributed by atoms with Gasteiger partial charge in [0.05, 0.1) is 0 Å². The first-order chi connectivity index (χ1) is 30.4. The van der Waals surface area contributed by atoms with Crippen LogP contribution in [-0.2, 0) is 74.8 Å². The summed E-state index contributed by atoms with van der Waals surface area (Å²) in [6, 6.07) is 27.7. The van der Waals surface area contributed by atoms with Crippen molar-refractivity contribution in [3.05, 3.63) is 119 Å². The molecule has 0 aromatic heterocycles. The minimum absolute atomic E-state index is 0.132. The molecule has 5 rings (SSSR count). The van der Waals surface area contributed by atoms with Crippen molar-refractivity contribution < 1.29 is 66.8 Å². The Hall–Kier alpha value is -6.94. The number of ketones is 1. The molecule has 0 spiro atoms. The molecule has 2 amide bonds. The van der Waals surface area contributed by atoms with Gasteiger partial charge >= 0.3 is 29.8 Å². The number of carbonyl (C=O) groups is 8. The highest BCUT2D eigenvalue weighted by Gasteiger charge is 2.43. The predicted molar refractivity (Wildman–Crippen MR) is 234 cm³/mol. The van der Waals surface area contributed by atoms with Crippen LogP contribution >= 0.6 is 0 Å². The molecule has 3 unspecified atom stereocenters. The van der Waals surface area contributed by atoms with E-state index in [1.54, 1.807) is 48.5 Å². The van der Waals surface area contributed by atoms with Crippen molar-refractivity contribution in [2.75, 3.05) is 6.61 Å². The lowest BCUT2D eigenvalue weighted by Crippen LogP contribution is -2.56. The van der Waals surface area contributed by atoms with Crippen LogP contribution in [0.5, 0.6) is 0 Å². The van der Waals surface area contributed by atoms with Crippen LogP contribution in [-0.4, -0.2) is 94.8 Å². The molecule has 65 heavy (non-hydrogen) atoms. The number of hydrogen-bond acceptors (Lipinski definition) is 14. The number of amides is 2. The Bertz CT molecular complexity index is 2460. The van der Waals surface area contributed by atoms with E-state index in [1.165, 1.54) is 74.4 Å². The first kappa shape index (κ1) is 49.1. The molecule has 0 aliphatic carbocycles. The highest BCUT2D eigenvalue weighted by molar-refractivity contribution is 6.09. The van der Waals surface area contributed by atoms with E-state index in [0.29, 0.717) is 22.3 Å². The summed E-state index contributed by atoms with van der Waals surface area (Å²) in [5.74, 6) is -7.63. The molecule has 0 saturated carbocycles. The third-order valence-electron chi connectivity index (χ3n) is 10.3. The van der Waals surface area contributed by atoms with Crippen LogP contribution in [0, 0.1) is 0 Å². The van der Waals surface area contributed by atoms with E-state index < -0.39 is 89.0 Å². The van der Waals surface area contributed by atoms with Gasteiger partial charge in [-0.3, -0.25) is 14.4 Å². The van der Waals surface area contributed by atoms with E-state index in [0.717, 1.165) is 10.8 Å². The van der Waals surface area contributed by atoms with Gasteiger partial charge in [0, 0.05) is 24.0 Å². The van der Waals surface area contributed by atoms with Crippen LogP contribution in [0.4, 0.5) is 0 Å². The summed E-state index contributed by atoms with van der Waals surface area (Å²) >= 11 is 0. The van der Waals surface area contributed by atoms with Crippen molar-refractivity contribution in [2.45, 2.75) is 116 Å². The number of ether oxygens (including phenoxy) is 6. The van der Waals surface area contributed by atoms with Crippen LogP contribution in [0.15, 0.2) is 97.1 Å². The zero-order valence-corrected chi connectivity index (χ0v) is 37.8. The molecule has 4 aromatic carbocycles. The van der Waals surface area contributed by atoms with Gasteiger partial charge in [-0.2, -0.15) is 0 Å². The lowest BCUT2D eigenvalue weighted by molar-refractivity contribution is -0.194. The molecule has 4 aromatic rings. The summed E-state index contributed by atoms with van der Waals surface area (Å²) in [7, 11) is 0. The normalized spacial score (nSPS) is 22.2. The van der Waals surface area contributed by atoms with Crippen LogP contribution in [0.2, 0.25) is 0 Å². The number of esters is 5. The predicted octanol–water partition coefficient (Wildman–Crippen LogP) is 5.03. The molecule has 2 N–H and O–H groups in total. The summed E-state index contributed by atoms with van der Waals surface area (Å²) in [6.07, 6.45) is -4.90. The zero-order chi connectivity index (χ0) is 47.9. The van der Waals surface area contributed by atoms with E-state index in [9.17, 15) is 38.4 Å². The van der Waals surface area contributed by atoms with Crippen molar-refractivity contribution in [3.8, 4) is 0 Å². The molecule has 1 aliphatic heterocycles. The average molecular weight is 895 g/mol. The maximum absolute atomic E-state index is 13.9. The second kappa shape index (κ2) is 19.8. The number of fused-ring (bicyclic) bond motifs is 1. The van der Waals surface area contributed by atoms with Crippen molar-refractivity contribution in [1.29, 1.82) is 0 Å². The van der Waals surface area contributed by atoms with Gasteiger partial charge in [-0.15, -0.1) is 0 Å². The number of cyclic esters (lactones) is 5. The van der Waals surface area contributed by atoms with Crippen molar-refractivity contribution in [1.82, 2.24) is 10.6 Å². The Kier molecular flexibility index (Phi) is 15.0. The lowest BCUT2D eigenvalue weighted by Gasteiger charge is -2.32. The molecule has 16 heteroatoms. The third-order valence-corrected chi connectivity index (χ3v) is 10.3. The summed E-state index contributed by atoms with van der Waals surface area (Å²) in [5, 5.41) is 6.88. The Morgan fingerprint density at radius 1 is 0.600 bits per heavy atom. The number of hydrogen-bond donors (Lipinski definition) is 2. The first-order valence-electron chi connectivity index (χ1n) is 20.9. The molecule has 0 radical (unpaired) electrons. The zero-order valence-electron chi connectivity index (χ0n) is 37.8. The van der Waals surface area contributed by atoms with Gasteiger partial charge in [-0.05, 0) is 84.2 Å². The molecule has 1 fully saturated rings. The van der Waals surface area contributed by atoms with Gasteiger partial charge in [-0.1, -0.05) is 97.1 Å². The standard InChI is InChI=1S/C49H54N2O14/c1-29-50-42(56)47(4,5)65-41(55)37(26-30-19-23-34(24-20-30)39(53)33-16-11-10-12-17-33)62-45(59)49(8,9)64-38(52)28-60-43(57)46(2,3)51-40(54)36(61-44(58)48(6,7)63-29)27-31-21-22-32-15-13-14-18-35(32)25-31/h10-25,29,36-37H,26-28H2,1-9H3,(H,50,56)(H,51,54). The average Bonchev–Trinajstić information content (AvgIpc) is 3.24. The third kappa shape index (κ3) is 12.8. The van der Waals surface area contributed by atoms with E-state index in [1.807, 2.05) is 36.4 Å². The molecular weight excluding hydrogens is 841 g/mol. The molecule has 0 bridgehead atoms. The molecule has 3 atom stereocenters. The van der Waals surface area contributed by atoms with E-state index in [-0.39, 0.29) is 18.6 Å². The Labute approximate surface area is 376 Å². The summed E-state index contributed by atoms with van der Waals surface area (Å²) in [6.45, 7) is 10.7. The monoisotopic (exact) mass is 894 g/mol. The topological polar surface area (TPSA) is 216 Å². The van der Waals surface area contributed by atoms with Crippen LogP contribution < -0.4 is 10.6 Å². The fraction of sp³-hybridized carbons (Fsp3) is 0.388. The van der Waals surface area contributed by atoms with Crippen LogP contribution in [0.1, 0.15) is 89.4 Å². The molecule has 344 valence electrons. The van der Waals surface area contributed by atoms with Crippen molar-refractivity contribution >= 4 is 58.2 Å². The van der Waals surface area contributed by atoms with Gasteiger partial charge in [0.15, 0.2) is 29.7 Å². The largest absolute Gasteiger partial charge is 0.452 e. The summed E-state index contributed by atoms with van der Waals surface area (Å²) < 4.78 is 33.5. The minimum Gasteiger partial charge on any atom is -0.452 e. The maximum Gasteiger partial charge on any atom is 0.350 e. The Morgan fingerprint density at radius 2 is 1.15 bits per heavy atom. The van der Waals surface area contributed by atoms with Crippen molar-refractivity contribution in [3.63, 3.8) is 0 Å². The summed E-state index contributed by atoms with van der Waals surface area (Å²) in [4.78, 5) is 108. The molecule has 16 nitrogen and oxygen atoms in total. The smallest absolute Gasteiger partial charge is 0.350 e. The quantitative estimate of drug-likeness (QED) is 0.148. The fourth-order valence-electron chi connectivity index (χ4n) is 6.59. The molecule has 1 aliphatic rings. The number of benzene rings is 4. The fourth-order valence-corrected chi connectivity index (χ4v) is 6.59. The maximum atomic E-state index is 13.9. The lowest BCUT2D eigenvalue weighted by atomic mass is 10.00. The minimum atomic E-state index is -2.07. The molecule has 1 heterocycles. The highest BCUT2D eigenvalue weighted by atomic mass is 16.6. The summed E-state index contributed by atoms with van der Waals surface area (Å²) in [5.41, 5.74) is -5.75. The van der Waals surface area contributed by atoms with Gasteiger partial charge < -0.3 is 39.1 Å². The van der Waals surface area contributed by atoms with E-state index in [2.05, 4.69) is 10.6 Å². The van der Waals surface area contributed by atoms with Gasteiger partial charge in [0.25, 0.3) is 11.8 Å². The number of nitrogens with one attached hydrogen (secondary N) is 2. The molecule has 1 saturated heterocycles. The second-order valence-electron chi connectivity index (χ2n) is 17.6. The van der Waals surface area contributed by atoms with Gasteiger partial charge in [-0.25, -0.2) is 24.0 Å². The SMILES string of the molecule is CC1NC(=O)C(C)(C)OC(=O)C(Cc2ccc(C(=O)c3ccccc3)cc2)OC(=O)C(C)(C)OC(=O)COC(=O)C(C)(C)NC(=O)C(Cc2ccc3ccccc3c2)OC(=O)C(C)(C)O1. The van der Waals surface area contributed by atoms with Crippen LogP contribution in [0.3, 0.4) is 0 Å². The highest BCUT2D eigenvalue weighted by Crippen LogP contribution is 2.24. The van der Waals surface area contributed by atoms with Gasteiger partial charge in [0.1, 0.15) is 11.8 Å².